The van der Waals surface area contributed by atoms with Crippen molar-refractivity contribution in [2.45, 2.75) is 13.0 Å². The molecule has 1 amide bonds. The molecule has 0 aliphatic carbocycles. The molecule has 0 aliphatic heterocycles. The minimum absolute atomic E-state index is 0.0200. The summed E-state index contributed by atoms with van der Waals surface area (Å²) in [6, 6.07) is 21.1. The average molecular weight is 397 g/mol. The SMILES string of the molecule is C[C@@H](Oc1ccc(Cl)cc1[N+](=O)[O-])C(=O)Nc1ccccc1-c1ccccc1. The molecule has 6 nitrogen and oxygen atoms in total. The number of rotatable bonds is 6. The molecular weight excluding hydrogens is 380 g/mol. The van der Waals surface area contributed by atoms with Crippen LogP contribution in [0.2, 0.25) is 5.02 Å². The summed E-state index contributed by atoms with van der Waals surface area (Å²) in [6.45, 7) is 1.53. The zero-order valence-corrected chi connectivity index (χ0v) is 15.7. The van der Waals surface area contributed by atoms with E-state index < -0.39 is 16.9 Å². The van der Waals surface area contributed by atoms with Gasteiger partial charge in [-0.1, -0.05) is 60.1 Å². The van der Waals surface area contributed by atoms with E-state index in [4.69, 9.17) is 16.3 Å². The van der Waals surface area contributed by atoms with Crippen molar-refractivity contribution in [3.8, 4) is 16.9 Å². The number of hydrogen-bond donors (Lipinski definition) is 1. The Morgan fingerprint density at radius 1 is 1.07 bits per heavy atom. The van der Waals surface area contributed by atoms with Gasteiger partial charge in [0.25, 0.3) is 5.91 Å². The van der Waals surface area contributed by atoms with Crippen LogP contribution in [0.5, 0.6) is 5.75 Å². The Labute approximate surface area is 166 Å². The van der Waals surface area contributed by atoms with E-state index in [0.29, 0.717) is 5.69 Å². The fourth-order valence-corrected chi connectivity index (χ4v) is 2.84. The highest BCUT2D eigenvalue weighted by Crippen LogP contribution is 2.31. The van der Waals surface area contributed by atoms with Crippen molar-refractivity contribution in [3.05, 3.63) is 87.9 Å². The second kappa shape index (κ2) is 8.54. The van der Waals surface area contributed by atoms with Crippen molar-refractivity contribution in [1.82, 2.24) is 0 Å². The van der Waals surface area contributed by atoms with Gasteiger partial charge in [0.1, 0.15) is 0 Å². The predicted octanol–water partition coefficient (Wildman–Crippen LogP) is 5.32. The van der Waals surface area contributed by atoms with E-state index in [9.17, 15) is 14.9 Å². The number of benzene rings is 3. The van der Waals surface area contributed by atoms with Crippen LogP contribution < -0.4 is 10.1 Å². The quantitative estimate of drug-likeness (QED) is 0.451. The molecule has 3 rings (SSSR count). The van der Waals surface area contributed by atoms with Crippen molar-refractivity contribution in [2.24, 2.45) is 0 Å². The molecule has 0 unspecified atom stereocenters. The number of nitro benzene ring substituents is 1. The number of carbonyl (C=O) groups is 1. The Morgan fingerprint density at radius 2 is 1.75 bits per heavy atom. The Balaban J connectivity index is 1.79. The number of hydrogen-bond acceptors (Lipinski definition) is 4. The first-order valence-electron chi connectivity index (χ1n) is 8.51. The molecule has 0 aromatic heterocycles. The molecule has 0 spiro atoms. The van der Waals surface area contributed by atoms with Crippen LogP contribution in [0.1, 0.15) is 6.92 Å². The third-order valence-corrected chi connectivity index (χ3v) is 4.30. The largest absolute Gasteiger partial charge is 0.474 e. The van der Waals surface area contributed by atoms with E-state index in [1.54, 1.807) is 6.07 Å². The van der Waals surface area contributed by atoms with E-state index >= 15 is 0 Å². The lowest BCUT2D eigenvalue weighted by Gasteiger charge is -2.16. The maximum absolute atomic E-state index is 12.6. The number of carbonyl (C=O) groups excluding carboxylic acids is 1. The molecule has 0 fully saturated rings. The van der Waals surface area contributed by atoms with E-state index in [2.05, 4.69) is 5.32 Å². The molecule has 7 heteroatoms. The smallest absolute Gasteiger partial charge is 0.312 e. The normalized spacial score (nSPS) is 11.5. The summed E-state index contributed by atoms with van der Waals surface area (Å²) in [4.78, 5) is 23.2. The maximum atomic E-state index is 12.6. The van der Waals surface area contributed by atoms with Gasteiger partial charge in [-0.2, -0.15) is 0 Å². The summed E-state index contributed by atoms with van der Waals surface area (Å²) < 4.78 is 5.53. The topological polar surface area (TPSA) is 81.5 Å². The van der Waals surface area contributed by atoms with Gasteiger partial charge in [0.15, 0.2) is 11.9 Å². The van der Waals surface area contributed by atoms with E-state index in [0.717, 1.165) is 11.1 Å². The summed E-state index contributed by atoms with van der Waals surface area (Å²) in [5.41, 5.74) is 2.15. The van der Waals surface area contributed by atoms with Crippen molar-refractivity contribution in [1.29, 1.82) is 0 Å². The van der Waals surface area contributed by atoms with Gasteiger partial charge in [-0.15, -0.1) is 0 Å². The third-order valence-electron chi connectivity index (χ3n) is 4.06. The number of nitro groups is 1. The van der Waals surface area contributed by atoms with Gasteiger partial charge in [0.05, 0.1) is 4.92 Å². The molecule has 142 valence electrons. The molecular formula is C21H17ClN2O4. The highest BCUT2D eigenvalue weighted by molar-refractivity contribution is 6.30. The van der Waals surface area contributed by atoms with Crippen LogP contribution >= 0.6 is 11.6 Å². The number of para-hydroxylation sites is 1. The van der Waals surface area contributed by atoms with Gasteiger partial charge in [0, 0.05) is 22.3 Å². The van der Waals surface area contributed by atoms with Crippen molar-refractivity contribution >= 4 is 28.9 Å². The molecule has 3 aromatic carbocycles. The number of amides is 1. The molecule has 0 bridgehead atoms. The van der Waals surface area contributed by atoms with Crippen molar-refractivity contribution in [3.63, 3.8) is 0 Å². The fraction of sp³-hybridized carbons (Fsp3) is 0.0952. The predicted molar refractivity (Wildman–Crippen MR) is 109 cm³/mol. The first-order chi connectivity index (χ1) is 13.5. The van der Waals surface area contributed by atoms with E-state index in [-0.39, 0.29) is 16.5 Å². The summed E-state index contributed by atoms with van der Waals surface area (Å²) >= 11 is 5.80. The van der Waals surface area contributed by atoms with E-state index in [1.165, 1.54) is 25.1 Å². The Morgan fingerprint density at radius 3 is 2.46 bits per heavy atom. The number of nitrogens with one attached hydrogen (secondary N) is 1. The molecule has 28 heavy (non-hydrogen) atoms. The minimum atomic E-state index is -0.955. The maximum Gasteiger partial charge on any atom is 0.312 e. The molecule has 0 saturated heterocycles. The van der Waals surface area contributed by atoms with Crippen LogP contribution in [0.15, 0.2) is 72.8 Å². The second-order valence-electron chi connectivity index (χ2n) is 6.03. The second-order valence-corrected chi connectivity index (χ2v) is 6.47. The van der Waals surface area contributed by atoms with Gasteiger partial charge < -0.3 is 10.1 Å². The van der Waals surface area contributed by atoms with Crippen LogP contribution in [-0.4, -0.2) is 16.9 Å². The van der Waals surface area contributed by atoms with Crippen LogP contribution in [0, 0.1) is 10.1 Å². The molecule has 0 heterocycles. The summed E-state index contributed by atoms with van der Waals surface area (Å²) in [5, 5.41) is 14.2. The lowest BCUT2D eigenvalue weighted by molar-refractivity contribution is -0.386. The summed E-state index contributed by atoms with van der Waals surface area (Å²) in [7, 11) is 0. The van der Waals surface area contributed by atoms with Crippen LogP contribution in [0.4, 0.5) is 11.4 Å². The highest BCUT2D eigenvalue weighted by Gasteiger charge is 2.22. The Hall–Kier alpha value is -3.38. The highest BCUT2D eigenvalue weighted by atomic mass is 35.5. The summed E-state index contributed by atoms with van der Waals surface area (Å²) in [6.07, 6.45) is -0.955. The number of ether oxygens (including phenoxy) is 1. The minimum Gasteiger partial charge on any atom is -0.474 e. The number of halogens is 1. The Kier molecular flexibility index (Phi) is 5.91. The average Bonchev–Trinajstić information content (AvgIpc) is 2.70. The zero-order chi connectivity index (χ0) is 20.1. The zero-order valence-electron chi connectivity index (χ0n) is 15.0. The van der Waals surface area contributed by atoms with Crippen molar-refractivity contribution in [2.75, 3.05) is 5.32 Å². The lowest BCUT2D eigenvalue weighted by Crippen LogP contribution is -2.30. The Bertz CT molecular complexity index is 1010. The molecule has 0 radical (unpaired) electrons. The number of anilines is 1. The first-order valence-corrected chi connectivity index (χ1v) is 8.89. The summed E-state index contributed by atoms with van der Waals surface area (Å²) in [5.74, 6) is -0.443. The molecule has 3 aromatic rings. The monoisotopic (exact) mass is 396 g/mol. The molecule has 0 saturated carbocycles. The van der Waals surface area contributed by atoms with Gasteiger partial charge in [-0.25, -0.2) is 0 Å². The number of nitrogens with zero attached hydrogens (tertiary/aromatic N) is 1. The van der Waals surface area contributed by atoms with Crippen LogP contribution in [0.25, 0.3) is 11.1 Å². The first kappa shape index (κ1) is 19.4. The van der Waals surface area contributed by atoms with Gasteiger partial charge in [0.2, 0.25) is 0 Å². The third kappa shape index (κ3) is 4.47. The molecule has 0 aliphatic rings. The lowest BCUT2D eigenvalue weighted by atomic mass is 10.0. The van der Waals surface area contributed by atoms with Gasteiger partial charge in [-0.3, -0.25) is 14.9 Å². The standard InChI is InChI=1S/C21H17ClN2O4/c1-14(28-20-12-11-16(22)13-19(20)24(26)27)21(25)23-18-10-6-5-9-17(18)15-7-3-2-4-8-15/h2-14H,1H3,(H,23,25)/t14-/m1/s1. The van der Waals surface area contributed by atoms with Crippen LogP contribution in [0.3, 0.4) is 0 Å². The molecule has 1 N–H and O–H groups in total. The fourth-order valence-electron chi connectivity index (χ4n) is 2.67. The van der Waals surface area contributed by atoms with Gasteiger partial charge in [-0.05, 0) is 30.7 Å². The molecule has 1 atom stereocenters. The van der Waals surface area contributed by atoms with Crippen molar-refractivity contribution < 1.29 is 14.5 Å². The van der Waals surface area contributed by atoms with Gasteiger partial charge >= 0.3 is 5.69 Å². The van der Waals surface area contributed by atoms with E-state index in [1.807, 2.05) is 48.5 Å². The van der Waals surface area contributed by atoms with Crippen LogP contribution in [-0.2, 0) is 4.79 Å².